The van der Waals surface area contributed by atoms with Crippen LogP contribution in [0.1, 0.15) is 46.1 Å². The maximum atomic E-state index is 12.2. The molecule has 1 N–H and O–H groups in total. The molecule has 1 aromatic rings. The minimum atomic E-state index is -0.713. The van der Waals surface area contributed by atoms with Crippen molar-refractivity contribution in [1.82, 2.24) is 10.2 Å². The topological polar surface area (TPSA) is 58.6 Å². The number of carbonyl (C=O) groups excluding carboxylic acids is 2. The Hall–Kier alpha value is -2.04. The quantitative estimate of drug-likeness (QED) is 0.933. The molecule has 1 atom stereocenters. The fourth-order valence-electron chi connectivity index (χ4n) is 2.58. The van der Waals surface area contributed by atoms with E-state index in [2.05, 4.69) is 5.32 Å². The van der Waals surface area contributed by atoms with Crippen molar-refractivity contribution in [2.24, 2.45) is 0 Å². The molecule has 2 amide bonds. The summed E-state index contributed by atoms with van der Waals surface area (Å²) in [5.41, 5.74) is -0.238. The molecule has 0 unspecified atom stereocenters. The lowest BCUT2D eigenvalue weighted by Gasteiger charge is -2.36. The summed E-state index contributed by atoms with van der Waals surface area (Å²) in [7, 11) is 0. The number of rotatable bonds is 3. The van der Waals surface area contributed by atoms with Crippen LogP contribution in [0.15, 0.2) is 30.3 Å². The van der Waals surface area contributed by atoms with Crippen LogP contribution in [0.4, 0.5) is 4.79 Å². The van der Waals surface area contributed by atoms with Gasteiger partial charge in [-0.25, -0.2) is 4.79 Å². The first kappa shape index (κ1) is 16.3. The highest BCUT2D eigenvalue weighted by Gasteiger charge is 2.43. The molecule has 1 fully saturated rings. The molecule has 1 aromatic carbocycles. The smallest absolute Gasteiger partial charge is 0.409 e. The summed E-state index contributed by atoms with van der Waals surface area (Å²) in [6.45, 7) is 7.79. The van der Waals surface area contributed by atoms with Gasteiger partial charge in [0.05, 0.1) is 0 Å². The largest absolute Gasteiger partial charge is 0.444 e. The number of hydrogen-bond acceptors (Lipinski definition) is 3. The van der Waals surface area contributed by atoms with E-state index in [4.69, 9.17) is 4.74 Å². The molecule has 0 saturated carbocycles. The third-order valence-corrected chi connectivity index (χ3v) is 3.68. The number of hydrogen-bond donors (Lipinski definition) is 1. The third-order valence-electron chi connectivity index (χ3n) is 3.68. The monoisotopic (exact) mass is 304 g/mol. The van der Waals surface area contributed by atoms with E-state index in [0.717, 1.165) is 5.56 Å². The summed E-state index contributed by atoms with van der Waals surface area (Å²) in [6, 6.07) is 9.76. The van der Waals surface area contributed by atoms with Crippen LogP contribution in [0.25, 0.3) is 0 Å². The van der Waals surface area contributed by atoms with Crippen LogP contribution < -0.4 is 5.32 Å². The van der Waals surface area contributed by atoms with Crippen molar-refractivity contribution in [2.75, 3.05) is 0 Å². The Morgan fingerprint density at radius 1 is 1.32 bits per heavy atom. The lowest BCUT2D eigenvalue weighted by Crippen LogP contribution is -2.56. The Labute approximate surface area is 131 Å². The number of alkyl carbamates (subject to hydrolysis) is 1. The van der Waals surface area contributed by atoms with Gasteiger partial charge in [0.25, 0.3) is 0 Å². The second kappa shape index (κ2) is 5.99. The van der Waals surface area contributed by atoms with Crippen LogP contribution in [0.2, 0.25) is 0 Å². The highest BCUT2D eigenvalue weighted by Crippen LogP contribution is 2.29. The van der Waals surface area contributed by atoms with Gasteiger partial charge in [0.1, 0.15) is 11.3 Å². The first-order valence-corrected chi connectivity index (χ1v) is 7.55. The molecule has 0 aliphatic carbocycles. The molecule has 0 aromatic heterocycles. The average molecular weight is 304 g/mol. The van der Waals surface area contributed by atoms with Crippen LogP contribution in [-0.2, 0) is 16.1 Å². The fraction of sp³-hybridized carbons (Fsp3) is 0.529. The zero-order chi connectivity index (χ0) is 16.4. The van der Waals surface area contributed by atoms with Crippen LogP contribution in [0.3, 0.4) is 0 Å². The van der Waals surface area contributed by atoms with Gasteiger partial charge in [0.15, 0.2) is 0 Å². The van der Waals surface area contributed by atoms with E-state index in [1.54, 1.807) is 4.90 Å². The minimum Gasteiger partial charge on any atom is -0.444 e. The average Bonchev–Trinajstić information content (AvgIpc) is 2.66. The minimum absolute atomic E-state index is 0.0439. The summed E-state index contributed by atoms with van der Waals surface area (Å²) in [5.74, 6) is 0.0439. The van der Waals surface area contributed by atoms with E-state index in [1.165, 1.54) is 0 Å². The first-order chi connectivity index (χ1) is 10.2. The molecule has 1 heterocycles. The molecule has 0 bridgehead atoms. The normalized spacial score (nSPS) is 21.8. The highest BCUT2D eigenvalue weighted by molar-refractivity contribution is 5.81. The van der Waals surface area contributed by atoms with Crippen molar-refractivity contribution in [3.63, 3.8) is 0 Å². The molecule has 22 heavy (non-hydrogen) atoms. The predicted octanol–water partition coefficient (Wildman–Crippen LogP) is 3.05. The maximum Gasteiger partial charge on any atom is 0.409 e. The molecule has 5 heteroatoms. The van der Waals surface area contributed by atoms with Gasteiger partial charge >= 0.3 is 6.09 Å². The molecule has 1 aliphatic rings. The Kier molecular flexibility index (Phi) is 4.44. The molecule has 120 valence electrons. The number of amides is 2. The summed E-state index contributed by atoms with van der Waals surface area (Å²) >= 11 is 0. The van der Waals surface area contributed by atoms with Crippen molar-refractivity contribution in [2.45, 2.75) is 58.3 Å². The molecule has 1 saturated heterocycles. The Balaban J connectivity index is 2.10. The number of ether oxygens (including phenoxy) is 1. The lowest BCUT2D eigenvalue weighted by molar-refractivity contribution is -0.132. The Bertz CT molecular complexity index is 551. The number of carbonyl (C=O) groups is 2. The molecule has 2 rings (SSSR count). The van der Waals surface area contributed by atoms with E-state index < -0.39 is 17.4 Å². The zero-order valence-corrected chi connectivity index (χ0v) is 13.7. The van der Waals surface area contributed by atoms with Crippen LogP contribution in [0.5, 0.6) is 0 Å². The van der Waals surface area contributed by atoms with E-state index >= 15 is 0 Å². The molecular formula is C17H24N2O3. The second-order valence-electron chi connectivity index (χ2n) is 6.87. The van der Waals surface area contributed by atoms with Crippen molar-refractivity contribution in [1.29, 1.82) is 0 Å². The molecule has 5 nitrogen and oxygen atoms in total. The standard InChI is InChI=1S/C17H24N2O3/c1-16(2,3)22-15(21)18-17(4)11-10-14(20)19(17)12-13-8-6-5-7-9-13/h5-9H,10-12H2,1-4H3,(H,18,21)/t17-/m0/s1. The van der Waals surface area contributed by atoms with Crippen LogP contribution in [-0.4, -0.2) is 28.2 Å². The molecule has 0 spiro atoms. The second-order valence-corrected chi connectivity index (χ2v) is 6.87. The van der Waals surface area contributed by atoms with Gasteiger partial charge < -0.3 is 9.64 Å². The highest BCUT2D eigenvalue weighted by atomic mass is 16.6. The van der Waals surface area contributed by atoms with Gasteiger partial charge in [0, 0.05) is 13.0 Å². The van der Waals surface area contributed by atoms with Gasteiger partial charge in [-0.1, -0.05) is 30.3 Å². The van der Waals surface area contributed by atoms with Crippen molar-refractivity contribution in [3.05, 3.63) is 35.9 Å². The molecule has 1 aliphatic heterocycles. The van der Waals surface area contributed by atoms with E-state index in [9.17, 15) is 9.59 Å². The predicted molar refractivity (Wildman–Crippen MR) is 84.0 cm³/mol. The van der Waals surface area contributed by atoms with Gasteiger partial charge in [-0.3, -0.25) is 10.1 Å². The number of likely N-dealkylation sites (tertiary alicyclic amines) is 1. The van der Waals surface area contributed by atoms with E-state index in [0.29, 0.717) is 19.4 Å². The molecular weight excluding hydrogens is 280 g/mol. The lowest BCUT2D eigenvalue weighted by atomic mass is 10.1. The Morgan fingerprint density at radius 2 is 1.95 bits per heavy atom. The number of nitrogens with zero attached hydrogens (tertiary/aromatic N) is 1. The van der Waals surface area contributed by atoms with Crippen molar-refractivity contribution in [3.8, 4) is 0 Å². The van der Waals surface area contributed by atoms with Crippen LogP contribution in [0, 0.1) is 0 Å². The summed E-state index contributed by atoms with van der Waals surface area (Å²) in [6.07, 6.45) is 0.514. The Morgan fingerprint density at radius 3 is 2.55 bits per heavy atom. The fourth-order valence-corrected chi connectivity index (χ4v) is 2.58. The summed E-state index contributed by atoms with van der Waals surface area (Å²) < 4.78 is 5.31. The first-order valence-electron chi connectivity index (χ1n) is 7.55. The van der Waals surface area contributed by atoms with Gasteiger partial charge in [-0.2, -0.15) is 0 Å². The van der Waals surface area contributed by atoms with E-state index in [1.807, 2.05) is 58.0 Å². The summed E-state index contributed by atoms with van der Waals surface area (Å²) in [5, 5.41) is 2.86. The van der Waals surface area contributed by atoms with Crippen LogP contribution >= 0.6 is 0 Å². The SMILES string of the molecule is CC(C)(C)OC(=O)N[C@]1(C)CCC(=O)N1Cc1ccccc1. The number of nitrogens with one attached hydrogen (secondary N) is 1. The maximum absolute atomic E-state index is 12.2. The van der Waals surface area contributed by atoms with Gasteiger partial charge in [-0.05, 0) is 39.7 Å². The summed E-state index contributed by atoms with van der Waals surface area (Å²) in [4.78, 5) is 26.0. The van der Waals surface area contributed by atoms with Gasteiger partial charge in [0.2, 0.25) is 5.91 Å². The molecule has 0 radical (unpaired) electrons. The zero-order valence-electron chi connectivity index (χ0n) is 13.7. The van der Waals surface area contributed by atoms with Crippen molar-refractivity contribution >= 4 is 12.0 Å². The third kappa shape index (κ3) is 4.00. The van der Waals surface area contributed by atoms with E-state index in [-0.39, 0.29) is 5.91 Å². The van der Waals surface area contributed by atoms with Crippen molar-refractivity contribution < 1.29 is 14.3 Å². The number of benzene rings is 1. The van der Waals surface area contributed by atoms with Gasteiger partial charge in [-0.15, -0.1) is 0 Å².